The van der Waals surface area contributed by atoms with Gasteiger partial charge in [0.2, 0.25) is 0 Å². The van der Waals surface area contributed by atoms with Crippen LogP contribution in [0.4, 0.5) is 0 Å². The molecule has 6 heteroatoms. The van der Waals surface area contributed by atoms with Gasteiger partial charge in [0.15, 0.2) is 0 Å². The van der Waals surface area contributed by atoms with E-state index in [-0.39, 0.29) is 11.3 Å². The van der Waals surface area contributed by atoms with Crippen molar-refractivity contribution in [1.82, 2.24) is 9.80 Å². The molecule has 0 spiro atoms. The van der Waals surface area contributed by atoms with E-state index in [0.29, 0.717) is 36.9 Å². The van der Waals surface area contributed by atoms with Crippen molar-refractivity contribution in [2.75, 3.05) is 33.8 Å². The number of ether oxygens (including phenoxy) is 1. The van der Waals surface area contributed by atoms with E-state index in [9.17, 15) is 14.7 Å². The summed E-state index contributed by atoms with van der Waals surface area (Å²) in [6, 6.07) is 12.7. The van der Waals surface area contributed by atoms with Gasteiger partial charge in [-0.1, -0.05) is 45.0 Å². The number of aliphatic hydroxyl groups excluding tert-OH is 1. The number of likely N-dealkylation sites (tertiary alicyclic amines) is 1. The topological polar surface area (TPSA) is 70.1 Å². The molecule has 1 unspecified atom stereocenters. The monoisotopic (exact) mass is 464 g/mol. The van der Waals surface area contributed by atoms with Crippen LogP contribution in [-0.4, -0.2) is 60.4 Å². The number of carbonyl (C=O) groups is 2. The van der Waals surface area contributed by atoms with Crippen molar-refractivity contribution in [3.05, 3.63) is 70.3 Å². The normalized spacial score (nSPS) is 17.8. The first-order valence-electron chi connectivity index (χ1n) is 11.9. The van der Waals surface area contributed by atoms with E-state index >= 15 is 0 Å². The molecule has 0 aromatic heterocycles. The van der Waals surface area contributed by atoms with E-state index in [4.69, 9.17) is 4.74 Å². The van der Waals surface area contributed by atoms with Gasteiger partial charge in [-0.15, -0.1) is 0 Å². The molecule has 1 aliphatic heterocycles. The Balaban J connectivity index is 2.10. The minimum atomic E-state index is -0.653. The van der Waals surface area contributed by atoms with E-state index in [0.717, 1.165) is 17.5 Å². The van der Waals surface area contributed by atoms with E-state index in [1.807, 2.05) is 63.2 Å². The molecule has 1 aliphatic rings. The van der Waals surface area contributed by atoms with E-state index in [2.05, 4.69) is 13.8 Å². The summed E-state index contributed by atoms with van der Waals surface area (Å²) in [6.45, 7) is 9.74. The Morgan fingerprint density at radius 3 is 2.35 bits per heavy atom. The highest BCUT2D eigenvalue weighted by atomic mass is 16.5. The van der Waals surface area contributed by atoms with Gasteiger partial charge in [0, 0.05) is 18.7 Å². The first-order valence-corrected chi connectivity index (χ1v) is 11.9. The van der Waals surface area contributed by atoms with Gasteiger partial charge >= 0.3 is 0 Å². The average molecular weight is 465 g/mol. The first kappa shape index (κ1) is 25.5. The van der Waals surface area contributed by atoms with Gasteiger partial charge in [0.25, 0.3) is 11.7 Å². The fourth-order valence-corrected chi connectivity index (χ4v) is 4.18. The molecule has 1 atom stereocenters. The molecule has 1 heterocycles. The minimum absolute atomic E-state index is 0.131. The number of nitrogens with zero attached hydrogens (tertiary/aromatic N) is 2. The fraction of sp³-hybridized carbons (Fsp3) is 0.429. The number of carbonyl (C=O) groups excluding carboxylic acids is 2. The lowest BCUT2D eigenvalue weighted by Crippen LogP contribution is -2.35. The van der Waals surface area contributed by atoms with Crippen molar-refractivity contribution in [2.24, 2.45) is 0 Å². The third-order valence-corrected chi connectivity index (χ3v) is 6.17. The number of amides is 1. The Morgan fingerprint density at radius 2 is 1.79 bits per heavy atom. The van der Waals surface area contributed by atoms with Crippen molar-refractivity contribution in [3.8, 4) is 5.75 Å². The molecule has 1 fully saturated rings. The predicted octanol–water partition coefficient (Wildman–Crippen LogP) is 4.89. The molecule has 1 N–H and O–H groups in total. The average Bonchev–Trinajstić information content (AvgIpc) is 3.05. The molecule has 34 heavy (non-hydrogen) atoms. The van der Waals surface area contributed by atoms with Crippen LogP contribution in [-0.2, 0) is 9.59 Å². The maximum Gasteiger partial charge on any atom is 0.295 e. The van der Waals surface area contributed by atoms with Gasteiger partial charge in [0.05, 0.1) is 18.2 Å². The molecule has 0 radical (unpaired) electrons. The lowest BCUT2D eigenvalue weighted by atomic mass is 9.92. The van der Waals surface area contributed by atoms with Gasteiger partial charge in [-0.05, 0) is 68.2 Å². The van der Waals surface area contributed by atoms with E-state index in [1.165, 1.54) is 5.56 Å². The van der Waals surface area contributed by atoms with Crippen molar-refractivity contribution < 1.29 is 19.4 Å². The van der Waals surface area contributed by atoms with Crippen LogP contribution in [0.1, 0.15) is 61.4 Å². The number of hydrogen-bond acceptors (Lipinski definition) is 5. The summed E-state index contributed by atoms with van der Waals surface area (Å²) >= 11 is 0. The third kappa shape index (κ3) is 5.33. The first-order chi connectivity index (χ1) is 16.1. The zero-order chi connectivity index (χ0) is 25.0. The van der Waals surface area contributed by atoms with Crippen LogP contribution in [0.3, 0.4) is 0 Å². The van der Waals surface area contributed by atoms with Crippen LogP contribution >= 0.6 is 0 Å². The molecule has 2 aromatic carbocycles. The Morgan fingerprint density at radius 1 is 1.12 bits per heavy atom. The molecular weight excluding hydrogens is 428 g/mol. The highest BCUT2D eigenvalue weighted by molar-refractivity contribution is 6.46. The van der Waals surface area contributed by atoms with Gasteiger partial charge < -0.3 is 19.6 Å². The van der Waals surface area contributed by atoms with Crippen molar-refractivity contribution in [1.29, 1.82) is 0 Å². The van der Waals surface area contributed by atoms with Crippen LogP contribution in [0.15, 0.2) is 48.0 Å². The Kier molecular flexibility index (Phi) is 8.15. The summed E-state index contributed by atoms with van der Waals surface area (Å²) in [6.07, 6.45) is 0.896. The lowest BCUT2D eigenvalue weighted by Gasteiger charge is -2.27. The second kappa shape index (κ2) is 10.9. The lowest BCUT2D eigenvalue weighted by molar-refractivity contribution is -0.140. The molecular formula is C28H36N2O4. The van der Waals surface area contributed by atoms with Gasteiger partial charge in [-0.2, -0.15) is 0 Å². The molecule has 3 rings (SSSR count). The summed E-state index contributed by atoms with van der Waals surface area (Å²) in [7, 11) is 3.85. The molecule has 0 saturated carbocycles. The quantitative estimate of drug-likeness (QED) is 0.325. The standard InChI is InChI=1S/C28H36N2O4/c1-7-16-34-22-12-13-23(19(4)17-22)26(31)24-25(21-10-8-20(9-11-21)18(2)3)30(15-14-29(5)6)28(33)27(24)32/h8-13,17-18,25,31H,7,14-16H2,1-6H3/b26-24-. The van der Waals surface area contributed by atoms with Crippen molar-refractivity contribution in [3.63, 3.8) is 0 Å². The maximum absolute atomic E-state index is 13.2. The van der Waals surface area contributed by atoms with Crippen LogP contribution in [0.5, 0.6) is 5.75 Å². The number of aryl methyl sites for hydroxylation is 1. The number of aliphatic hydroxyl groups is 1. The molecule has 2 aromatic rings. The number of rotatable bonds is 9. The molecule has 0 bridgehead atoms. The van der Waals surface area contributed by atoms with Crippen LogP contribution < -0.4 is 4.74 Å². The molecule has 1 saturated heterocycles. The molecule has 182 valence electrons. The highest BCUT2D eigenvalue weighted by Crippen LogP contribution is 2.40. The van der Waals surface area contributed by atoms with Crippen LogP contribution in [0, 0.1) is 6.92 Å². The fourth-order valence-electron chi connectivity index (χ4n) is 4.18. The summed E-state index contributed by atoms with van der Waals surface area (Å²) in [5.41, 5.74) is 3.42. The van der Waals surface area contributed by atoms with Crippen LogP contribution in [0.25, 0.3) is 5.76 Å². The highest BCUT2D eigenvalue weighted by Gasteiger charge is 2.46. The second-order valence-electron chi connectivity index (χ2n) is 9.44. The Labute approximate surface area is 202 Å². The van der Waals surface area contributed by atoms with Crippen LogP contribution in [0.2, 0.25) is 0 Å². The molecule has 6 nitrogen and oxygen atoms in total. The third-order valence-electron chi connectivity index (χ3n) is 6.17. The van der Waals surface area contributed by atoms with Gasteiger partial charge in [-0.3, -0.25) is 9.59 Å². The number of Topliss-reactive ketones (excluding diaryl/α,β-unsaturated/α-hetero) is 1. The number of benzene rings is 2. The molecule has 1 amide bonds. The number of likely N-dealkylation sites (N-methyl/N-ethyl adjacent to an activating group) is 1. The summed E-state index contributed by atoms with van der Waals surface area (Å²) in [5, 5.41) is 11.4. The van der Waals surface area contributed by atoms with E-state index < -0.39 is 17.7 Å². The zero-order valence-electron chi connectivity index (χ0n) is 21.1. The summed E-state index contributed by atoms with van der Waals surface area (Å²) in [5.74, 6) is -0.307. The second-order valence-corrected chi connectivity index (χ2v) is 9.44. The SMILES string of the molecule is CCCOc1ccc(/C(O)=C2/C(=O)C(=O)N(CCN(C)C)C2c2ccc(C(C)C)cc2)c(C)c1. The van der Waals surface area contributed by atoms with Crippen molar-refractivity contribution >= 4 is 17.4 Å². The predicted molar refractivity (Wildman–Crippen MR) is 135 cm³/mol. The number of ketones is 1. The maximum atomic E-state index is 13.2. The van der Waals surface area contributed by atoms with Gasteiger partial charge in [-0.25, -0.2) is 0 Å². The summed E-state index contributed by atoms with van der Waals surface area (Å²) in [4.78, 5) is 29.8. The smallest absolute Gasteiger partial charge is 0.295 e. The van der Waals surface area contributed by atoms with Crippen molar-refractivity contribution in [2.45, 2.75) is 46.1 Å². The molecule has 0 aliphatic carbocycles. The Bertz CT molecular complexity index is 1070. The summed E-state index contributed by atoms with van der Waals surface area (Å²) < 4.78 is 5.70. The Hall–Kier alpha value is -3.12. The largest absolute Gasteiger partial charge is 0.507 e. The number of hydrogen-bond donors (Lipinski definition) is 1. The van der Waals surface area contributed by atoms with Gasteiger partial charge in [0.1, 0.15) is 11.5 Å². The zero-order valence-corrected chi connectivity index (χ0v) is 21.1. The minimum Gasteiger partial charge on any atom is -0.507 e. The van der Waals surface area contributed by atoms with E-state index in [1.54, 1.807) is 17.0 Å².